The van der Waals surface area contributed by atoms with Crippen LogP contribution in [0.15, 0.2) is 60.7 Å². The number of piperidine rings is 4. The number of aromatic nitrogens is 3. The summed E-state index contributed by atoms with van der Waals surface area (Å²) in [5.41, 5.74) is 5.01. The van der Waals surface area contributed by atoms with Crippen molar-refractivity contribution >= 4 is 118 Å². The molecule has 141 heavy (non-hydrogen) atoms. The minimum Gasteiger partial charge on any atom is -0.480 e. The summed E-state index contributed by atoms with van der Waals surface area (Å²) in [4.78, 5) is 235. The lowest BCUT2D eigenvalue weighted by Crippen LogP contribution is -2.69. The maximum Gasteiger partial charge on any atom is 0.396 e. The van der Waals surface area contributed by atoms with E-state index in [2.05, 4.69) is 47.3 Å². The van der Waals surface area contributed by atoms with E-state index in [1.807, 2.05) is 65.2 Å². The summed E-state index contributed by atoms with van der Waals surface area (Å²) < 4.78 is 75.1. The molecule has 15 aliphatic rings. The number of carbonyl (C=O) groups excluding carboxylic acids is 17. The molecule has 0 bridgehead atoms. The van der Waals surface area contributed by atoms with Crippen molar-refractivity contribution in [3.05, 3.63) is 139 Å². The molecule has 4 amide bonds. The van der Waals surface area contributed by atoms with E-state index in [0.717, 1.165) is 93.5 Å². The van der Waals surface area contributed by atoms with Crippen molar-refractivity contribution < 1.29 is 163 Å². The van der Waals surface area contributed by atoms with Crippen LogP contribution in [-0.2, 0) is 143 Å². The predicted molar refractivity (Wildman–Crippen MR) is 478 cm³/mol. The number of ketones is 4. The third-order valence-electron chi connectivity index (χ3n) is 28.2. The quantitative estimate of drug-likeness (QED) is 0.0127. The van der Waals surface area contributed by atoms with Gasteiger partial charge >= 0.3 is 89.2 Å². The Bertz CT molecular complexity index is 5980. The molecular weight excluding hydrogens is 1850 g/mol. The Hall–Kier alpha value is -14.2. The van der Waals surface area contributed by atoms with Gasteiger partial charge in [-0.05, 0) is 198 Å². The van der Waals surface area contributed by atoms with E-state index in [1.165, 1.54) is 46.6 Å². The first-order valence-corrected chi connectivity index (χ1v) is 46.2. The Kier molecular flexibility index (Phi) is 31.7. The molecule has 7 aliphatic heterocycles. The highest BCUT2D eigenvalue weighted by Gasteiger charge is 2.64. The first-order valence-electron chi connectivity index (χ1n) is 46.2. The van der Waals surface area contributed by atoms with Crippen LogP contribution in [0.1, 0.15) is 204 Å². The molecule has 5 aromatic rings. The van der Waals surface area contributed by atoms with Crippen LogP contribution in [0, 0.1) is 97.7 Å². The van der Waals surface area contributed by atoms with Crippen LogP contribution in [0.25, 0.3) is 0 Å². The van der Waals surface area contributed by atoms with Crippen molar-refractivity contribution in [1.29, 1.82) is 0 Å². The Balaban J connectivity index is 0.000000138. The van der Waals surface area contributed by atoms with Gasteiger partial charge in [0, 0.05) is 87.4 Å². The molecule has 4 saturated heterocycles. The monoisotopic (exact) mass is 1960 g/mol. The molecule has 8 aliphatic carbocycles. The summed E-state index contributed by atoms with van der Waals surface area (Å²) in [7, 11) is 7.34. The lowest BCUT2D eigenvalue weighted by Gasteiger charge is -2.45. The van der Waals surface area contributed by atoms with Gasteiger partial charge < -0.3 is 103 Å². The number of halogens is 2. The summed E-state index contributed by atoms with van der Waals surface area (Å²) >= 11 is 0. The molecule has 0 unspecified atom stereocenters. The largest absolute Gasteiger partial charge is 0.480 e. The molecular formula is C98H111F2N9O32. The van der Waals surface area contributed by atoms with Crippen molar-refractivity contribution in [2.24, 2.45) is 65.1 Å². The lowest BCUT2D eigenvalue weighted by molar-refractivity contribution is -0.164. The summed E-state index contributed by atoms with van der Waals surface area (Å²) in [5, 5.41) is 37.1. The number of hydrogen-bond acceptors (Lipinski definition) is 31. The number of ether oxygens (including phenoxy) is 9. The number of carboxylic acid groups (broad SMARTS) is 3. The summed E-state index contributed by atoms with van der Waals surface area (Å²) in [6, 6.07) is 17.3. The van der Waals surface area contributed by atoms with E-state index in [4.69, 9.17) is 43.7 Å². The normalized spacial score (nSPS) is 25.7. The average molecular weight is 1960 g/mol. The smallest absolute Gasteiger partial charge is 0.396 e. The molecule has 41 nitrogen and oxygen atoms in total. The number of carbonyl (C=O) groups is 20. The van der Waals surface area contributed by atoms with E-state index >= 15 is 0 Å². The zero-order valence-electron chi connectivity index (χ0n) is 79.5. The maximum absolute atomic E-state index is 13.5. The van der Waals surface area contributed by atoms with E-state index in [9.17, 15) is 105 Å². The van der Waals surface area contributed by atoms with Crippen LogP contribution in [0.5, 0.6) is 0 Å². The highest BCUT2D eigenvalue weighted by molar-refractivity contribution is 6.45. The number of likely N-dealkylation sites (N-methyl/N-ethyl adjacent to an activating group) is 1. The molecule has 754 valence electrons. The Morgan fingerprint density at radius 3 is 1.19 bits per heavy atom. The molecule has 18 atom stereocenters. The molecule has 3 aromatic heterocycles. The van der Waals surface area contributed by atoms with Crippen molar-refractivity contribution in [1.82, 2.24) is 44.8 Å². The van der Waals surface area contributed by atoms with Crippen LogP contribution < -0.4 is 21.3 Å². The number of amides is 4. The second-order valence-corrected chi connectivity index (χ2v) is 37.1. The Morgan fingerprint density at radius 1 is 0.447 bits per heavy atom. The van der Waals surface area contributed by atoms with E-state index < -0.39 is 149 Å². The minimum atomic E-state index is -3.09. The zero-order chi connectivity index (χ0) is 103. The van der Waals surface area contributed by atoms with Crippen LogP contribution in [0.3, 0.4) is 0 Å². The highest BCUT2D eigenvalue weighted by Crippen LogP contribution is 2.60. The second kappa shape index (κ2) is 42.9. The number of benzene rings is 2. The number of rotatable bonds is 22. The number of nitrogens with zero attached hydrogens (tertiary/aromatic N) is 5. The fourth-order valence-corrected chi connectivity index (χ4v) is 20.8. The minimum absolute atomic E-state index is 0.0242. The number of methoxy groups -OCH3 is 5. The van der Waals surface area contributed by atoms with Gasteiger partial charge in [0.1, 0.15) is 60.0 Å². The van der Waals surface area contributed by atoms with Crippen LogP contribution in [0.4, 0.5) is 8.78 Å². The molecule has 12 fully saturated rings. The van der Waals surface area contributed by atoms with E-state index in [-0.39, 0.29) is 90.2 Å². The van der Waals surface area contributed by atoms with Crippen molar-refractivity contribution in [3.8, 4) is 11.8 Å². The summed E-state index contributed by atoms with van der Waals surface area (Å²) in [5.74, 6) is -9.74. The number of fused-ring (bicyclic) bond motifs is 13. The Labute approximate surface area is 806 Å². The van der Waals surface area contributed by atoms with Gasteiger partial charge in [0.05, 0.1) is 65.5 Å². The van der Waals surface area contributed by atoms with E-state index in [0.29, 0.717) is 126 Å². The zero-order valence-corrected chi connectivity index (χ0v) is 79.5. The maximum atomic E-state index is 13.5. The van der Waals surface area contributed by atoms with Gasteiger partial charge in [-0.25, -0.2) is 56.7 Å². The number of nitrogens with one attached hydrogen (secondary N) is 4. The molecule has 10 heterocycles. The number of carboxylic acids is 3. The van der Waals surface area contributed by atoms with Gasteiger partial charge in [-0.1, -0.05) is 66.6 Å². The number of esters is 9. The molecule has 43 heteroatoms. The molecule has 8 saturated carbocycles. The highest BCUT2D eigenvalue weighted by atomic mass is 19.3. The first-order chi connectivity index (χ1) is 67.0. The van der Waals surface area contributed by atoms with Gasteiger partial charge in [0.25, 0.3) is 29.2 Å². The number of aliphatic carboxylic acids is 3. The number of alkyl halides is 2. The number of Topliss-reactive ketones (excluding diaryl/α,β-unsaturated/α-hetero) is 4. The molecule has 0 spiro atoms. The fraction of sp³-hybridized carbons (Fsp3) is 0.531. The summed E-state index contributed by atoms with van der Waals surface area (Å²) in [6.07, 6.45) is 5.14. The average Bonchev–Trinajstić information content (AvgIpc) is 1.55. The molecule has 0 radical (unpaired) electrons. The second-order valence-electron chi connectivity index (χ2n) is 37.1. The van der Waals surface area contributed by atoms with Crippen LogP contribution in [-0.4, -0.2) is 275 Å². The third-order valence-corrected chi connectivity index (χ3v) is 28.2. The SMILES string of the molecule is CC#CC(=O)C(=O)OCC.CCOC(=O)C(=O)c1c(C)c(C(=O)OC)n2c1[C@@H]1C[C@@H]1C2.CNC(=O)C1(NC(=O)C(=O)c2c(C)c(C(=O)OC)n3c2[C@@H]2C[C@@H]2C3)CC(F)(F)C1.COC(=O)C(=O)N1C[C@@H]2C[C@@H]2[C@@H]1C(=O)O.COC(=O)C(=O)N1C[C@@H]2C[C@@H]2[C@@H]1C(=O)OCc1ccccc1.COC(=O)c1c(C)c(C(=O)C(=O)O)c2n1C[C@H]1C[C@@H]21.O=C(O)[C@@H]1NC[C@@H]2C[C@@H]21.O=C(OCc1ccccc1)[C@@H]1NC[C@@H]2C[C@@H]21. The number of likely N-dealkylation sites (tertiary alicyclic amines) is 2. The summed E-state index contributed by atoms with van der Waals surface area (Å²) in [6.45, 7) is 15.1. The standard InChI is InChI=1S/C19H21F2N3O5.C16H17NO5.C15H17NO5.C13H13NO5.C13H15NO2.C9H11NO5.C7H8O3.C6H9NO2/c1-8-11(13-10-4-9(10)5-24(13)12(8)16(27)29-3)14(25)15(26)23-18(17(28)22-2)6-19(20,21)7-18;1-21-16(20)14(18)17-8-11-7-12(11)13(17)15(19)22-9-10-5-3-2-4-6-10;1-4-21-15(19)13(17)10-7(2)11(14(18)20-3)16-6-8-5-9(8)12(10)16;1-5-8(11(15)12(16)17)10-7-3-6(7)4-14(10)9(5)13(18)19-2;15-13(12-11-6-10(11)7-14-12)16-8-9-4-2-1-3-5-9;1-15-9(14)7(11)10-3-4-2-5(4)6(10)8(12)13;1-3-5-6(8)7(9)10-4-2;8-6(9)5-4-1-3(4)2-7-5/h9-10H,4-7H2,1-3H3,(H,22,28)(H,23,26);2-6,11-13H,7-9H2,1H3;8-9H,4-6H2,1-3H3;6-7H,3-4H2,1-2H3,(H,16,17);1-5,10-12,14H,6-8H2;4-6H,2-3H2,1H3,(H,12,13);4H2,1-2H3;3-5,7H,1-2H2,(H,8,9)/t9-,10-;11-,12-,13+;8-,9-;6-,7-;10-,11-,12+;4-,5-,6+;;3-,4-,5+/m101100.0/s1. The van der Waals surface area contributed by atoms with Gasteiger partial charge in [-0.2, -0.15) is 0 Å². The molecule has 20 rings (SSSR count). The number of hydrogen-bond donors (Lipinski definition) is 7. The lowest BCUT2D eigenvalue weighted by atomic mass is 9.72. The van der Waals surface area contributed by atoms with Crippen molar-refractivity contribution in [2.45, 2.75) is 186 Å². The topological polar surface area (TPSA) is 555 Å². The predicted octanol–water partition coefficient (Wildman–Crippen LogP) is 4.33. The van der Waals surface area contributed by atoms with Crippen molar-refractivity contribution in [3.63, 3.8) is 0 Å². The van der Waals surface area contributed by atoms with Gasteiger partial charge in [-0.15, -0.1) is 0 Å². The third kappa shape index (κ3) is 22.0. The van der Waals surface area contributed by atoms with Crippen LogP contribution >= 0.6 is 0 Å². The van der Waals surface area contributed by atoms with Crippen molar-refractivity contribution in [2.75, 3.05) is 82.0 Å². The van der Waals surface area contributed by atoms with Gasteiger partial charge in [0.2, 0.25) is 5.91 Å². The first kappa shape index (κ1) is 104. The molecule has 2 aromatic carbocycles. The molecule has 7 N–H and O–H groups in total. The van der Waals surface area contributed by atoms with Crippen LogP contribution in [0.2, 0.25) is 0 Å². The van der Waals surface area contributed by atoms with Gasteiger partial charge in [-0.3, -0.25) is 47.9 Å². The fourth-order valence-electron chi connectivity index (χ4n) is 20.8. The van der Waals surface area contributed by atoms with Gasteiger partial charge in [0.15, 0.2) is 0 Å². The Morgan fingerprint density at radius 2 is 0.837 bits per heavy atom. The van der Waals surface area contributed by atoms with E-state index in [1.54, 1.807) is 43.8 Å².